The van der Waals surface area contributed by atoms with Crippen molar-refractivity contribution in [3.8, 4) is 11.3 Å². The molecule has 0 fully saturated rings. The van der Waals surface area contributed by atoms with Gasteiger partial charge in [-0.05, 0) is 23.8 Å². The second-order valence-electron chi connectivity index (χ2n) is 3.87. The lowest BCUT2D eigenvalue weighted by Gasteiger charge is -2.03. The van der Waals surface area contributed by atoms with Crippen LogP contribution in [0.25, 0.3) is 11.3 Å². The number of benzene rings is 1. The quantitative estimate of drug-likeness (QED) is 0.892. The van der Waals surface area contributed by atoms with E-state index in [2.05, 4.69) is 0 Å². The smallest absolute Gasteiger partial charge is 0.230 e. The summed E-state index contributed by atoms with van der Waals surface area (Å²) in [5, 5.41) is 0. The molecule has 18 heavy (non-hydrogen) atoms. The van der Waals surface area contributed by atoms with Crippen LogP contribution in [0.4, 0.5) is 0 Å². The Morgan fingerprint density at radius 3 is 2.78 bits per heavy atom. The standard InChI is InChI=1S/C13H13NO3S/c14-13(15)9-18(16)8-10-3-1-4-11(7-10)12-5-2-6-17-12/h1-7H,8-9H2,(H2,14,15). The van der Waals surface area contributed by atoms with E-state index in [1.807, 2.05) is 36.4 Å². The summed E-state index contributed by atoms with van der Waals surface area (Å²) in [5.74, 6) is 0.427. The van der Waals surface area contributed by atoms with E-state index in [1.165, 1.54) is 0 Å². The molecule has 0 saturated heterocycles. The maximum Gasteiger partial charge on any atom is 0.230 e. The average Bonchev–Trinajstić information content (AvgIpc) is 2.81. The van der Waals surface area contributed by atoms with Crippen LogP contribution < -0.4 is 5.73 Å². The Kier molecular flexibility index (Phi) is 3.94. The lowest BCUT2D eigenvalue weighted by atomic mass is 10.1. The van der Waals surface area contributed by atoms with Crippen LogP contribution in [0.2, 0.25) is 0 Å². The molecule has 2 rings (SSSR count). The predicted molar refractivity (Wildman–Crippen MR) is 70.1 cm³/mol. The fraction of sp³-hybridized carbons (Fsp3) is 0.154. The third-order valence-corrected chi connectivity index (χ3v) is 3.63. The van der Waals surface area contributed by atoms with E-state index in [-0.39, 0.29) is 5.75 Å². The monoisotopic (exact) mass is 263 g/mol. The van der Waals surface area contributed by atoms with Crippen LogP contribution in [-0.2, 0) is 21.3 Å². The first-order valence-corrected chi connectivity index (χ1v) is 6.90. The largest absolute Gasteiger partial charge is 0.464 e. The molecule has 0 radical (unpaired) electrons. The summed E-state index contributed by atoms with van der Waals surface area (Å²) in [6.45, 7) is 0. The SMILES string of the molecule is NC(=O)CS(=O)Cc1cccc(-c2ccco2)c1. The van der Waals surface area contributed by atoms with Gasteiger partial charge in [-0.2, -0.15) is 0 Å². The Balaban J connectivity index is 2.13. The predicted octanol–water partition coefficient (Wildman–Crippen LogP) is 1.68. The molecule has 0 bridgehead atoms. The van der Waals surface area contributed by atoms with Crippen molar-refractivity contribution >= 4 is 16.7 Å². The summed E-state index contributed by atoms with van der Waals surface area (Å²) in [6, 6.07) is 11.2. The van der Waals surface area contributed by atoms with Crippen molar-refractivity contribution in [2.75, 3.05) is 5.75 Å². The Hall–Kier alpha value is -1.88. The number of nitrogens with two attached hydrogens (primary N) is 1. The number of hydrogen-bond acceptors (Lipinski definition) is 3. The molecular formula is C13H13NO3S. The van der Waals surface area contributed by atoms with Gasteiger partial charge in [-0.25, -0.2) is 0 Å². The van der Waals surface area contributed by atoms with Gasteiger partial charge in [0.2, 0.25) is 5.91 Å². The molecule has 1 aromatic carbocycles. The van der Waals surface area contributed by atoms with E-state index in [4.69, 9.17) is 10.2 Å². The normalized spacial score (nSPS) is 12.2. The molecule has 1 amide bonds. The number of carbonyl (C=O) groups excluding carboxylic acids is 1. The van der Waals surface area contributed by atoms with Gasteiger partial charge in [-0.15, -0.1) is 0 Å². The molecule has 2 aromatic rings. The van der Waals surface area contributed by atoms with Crippen molar-refractivity contribution in [2.24, 2.45) is 5.73 Å². The van der Waals surface area contributed by atoms with Gasteiger partial charge in [-0.1, -0.05) is 18.2 Å². The molecule has 0 spiro atoms. The first kappa shape index (κ1) is 12.6. The number of furan rings is 1. The first-order valence-electron chi connectivity index (χ1n) is 5.41. The van der Waals surface area contributed by atoms with Crippen molar-refractivity contribution < 1.29 is 13.4 Å². The second-order valence-corrected chi connectivity index (χ2v) is 5.33. The highest BCUT2D eigenvalue weighted by Gasteiger charge is 2.07. The molecule has 1 atom stereocenters. The van der Waals surface area contributed by atoms with Gasteiger partial charge in [0.05, 0.1) is 6.26 Å². The summed E-state index contributed by atoms with van der Waals surface area (Å²) >= 11 is 0. The minimum atomic E-state index is -1.26. The van der Waals surface area contributed by atoms with Crippen molar-refractivity contribution in [3.05, 3.63) is 48.2 Å². The van der Waals surface area contributed by atoms with Crippen LogP contribution in [0.5, 0.6) is 0 Å². The number of rotatable bonds is 5. The Labute approximate surface area is 107 Å². The van der Waals surface area contributed by atoms with E-state index < -0.39 is 16.7 Å². The molecule has 0 aliphatic heterocycles. The maximum atomic E-state index is 11.6. The van der Waals surface area contributed by atoms with Crippen LogP contribution in [-0.4, -0.2) is 15.9 Å². The zero-order valence-corrected chi connectivity index (χ0v) is 10.5. The van der Waals surface area contributed by atoms with Gasteiger partial charge in [0, 0.05) is 22.1 Å². The molecule has 94 valence electrons. The number of amides is 1. The minimum absolute atomic E-state index is 0.106. The molecule has 0 aliphatic carbocycles. The van der Waals surface area contributed by atoms with Crippen LogP contribution in [0, 0.1) is 0 Å². The zero-order valence-electron chi connectivity index (χ0n) is 9.67. The van der Waals surface area contributed by atoms with Crippen molar-refractivity contribution in [1.29, 1.82) is 0 Å². The minimum Gasteiger partial charge on any atom is -0.464 e. The van der Waals surface area contributed by atoms with Crippen molar-refractivity contribution in [3.63, 3.8) is 0 Å². The molecule has 0 saturated carbocycles. The van der Waals surface area contributed by atoms with Gasteiger partial charge in [0.25, 0.3) is 0 Å². The fourth-order valence-corrected chi connectivity index (χ4v) is 2.62. The van der Waals surface area contributed by atoms with E-state index in [0.29, 0.717) is 5.75 Å². The lowest BCUT2D eigenvalue weighted by Crippen LogP contribution is -2.20. The van der Waals surface area contributed by atoms with Gasteiger partial charge < -0.3 is 10.2 Å². The Morgan fingerprint density at radius 2 is 2.11 bits per heavy atom. The molecule has 1 heterocycles. The highest BCUT2D eigenvalue weighted by molar-refractivity contribution is 7.84. The van der Waals surface area contributed by atoms with Gasteiger partial charge in [0.1, 0.15) is 11.5 Å². The summed E-state index contributed by atoms with van der Waals surface area (Å²) in [7, 11) is -1.26. The molecule has 2 N–H and O–H groups in total. The molecule has 1 unspecified atom stereocenters. The third-order valence-electron chi connectivity index (χ3n) is 2.36. The van der Waals surface area contributed by atoms with Crippen molar-refractivity contribution in [1.82, 2.24) is 0 Å². The van der Waals surface area contributed by atoms with Gasteiger partial charge >= 0.3 is 0 Å². The highest BCUT2D eigenvalue weighted by atomic mass is 32.2. The Bertz CT molecular complexity index is 563. The molecule has 4 nitrogen and oxygen atoms in total. The summed E-state index contributed by atoms with van der Waals surface area (Å²) in [6.07, 6.45) is 1.60. The third kappa shape index (κ3) is 3.30. The molecule has 5 heteroatoms. The zero-order chi connectivity index (χ0) is 13.0. The topological polar surface area (TPSA) is 73.3 Å². The highest BCUT2D eigenvalue weighted by Crippen LogP contribution is 2.21. The van der Waals surface area contributed by atoms with Gasteiger partial charge in [0.15, 0.2) is 0 Å². The van der Waals surface area contributed by atoms with Crippen molar-refractivity contribution in [2.45, 2.75) is 5.75 Å². The lowest BCUT2D eigenvalue weighted by molar-refractivity contribution is -0.115. The fourth-order valence-electron chi connectivity index (χ4n) is 1.65. The molecule has 1 aromatic heterocycles. The maximum absolute atomic E-state index is 11.6. The molecule has 0 aliphatic rings. The van der Waals surface area contributed by atoms with E-state index in [0.717, 1.165) is 16.9 Å². The number of primary amides is 1. The van der Waals surface area contributed by atoms with Crippen LogP contribution in [0.3, 0.4) is 0 Å². The molecular weight excluding hydrogens is 250 g/mol. The summed E-state index contributed by atoms with van der Waals surface area (Å²) in [5.41, 5.74) is 6.82. The first-order chi connectivity index (χ1) is 8.65. The van der Waals surface area contributed by atoms with E-state index in [9.17, 15) is 9.00 Å². The number of carbonyl (C=O) groups is 1. The van der Waals surface area contributed by atoms with Gasteiger partial charge in [-0.3, -0.25) is 9.00 Å². The van der Waals surface area contributed by atoms with Crippen LogP contribution >= 0.6 is 0 Å². The van der Waals surface area contributed by atoms with Crippen LogP contribution in [0.1, 0.15) is 5.56 Å². The Morgan fingerprint density at radius 1 is 1.28 bits per heavy atom. The average molecular weight is 263 g/mol. The van der Waals surface area contributed by atoms with Crippen LogP contribution in [0.15, 0.2) is 47.1 Å². The van der Waals surface area contributed by atoms with E-state index in [1.54, 1.807) is 6.26 Å². The summed E-state index contributed by atoms with van der Waals surface area (Å²) < 4.78 is 16.9. The summed E-state index contributed by atoms with van der Waals surface area (Å²) in [4.78, 5) is 10.7. The number of hydrogen-bond donors (Lipinski definition) is 1. The second kappa shape index (κ2) is 5.64. The van der Waals surface area contributed by atoms with E-state index >= 15 is 0 Å².